The predicted molar refractivity (Wildman–Crippen MR) is 68.7 cm³/mol. The summed E-state index contributed by atoms with van der Waals surface area (Å²) in [5, 5.41) is 4.23. The van der Waals surface area contributed by atoms with Gasteiger partial charge in [0.05, 0.1) is 6.33 Å². The van der Waals surface area contributed by atoms with E-state index in [9.17, 15) is 4.79 Å². The minimum Gasteiger partial charge on any atom is -0.340 e. The summed E-state index contributed by atoms with van der Waals surface area (Å²) >= 11 is 0. The standard InChI is InChI=1S/C12H8N6O/c19-12-16-10-8(13-6-14-10)11-15-9(17-18(11)12)7-4-2-1-3-5-7/h1-6H,(H,13,14)(H,16,19). The van der Waals surface area contributed by atoms with Crippen molar-refractivity contribution in [2.75, 3.05) is 0 Å². The molecule has 0 radical (unpaired) electrons. The van der Waals surface area contributed by atoms with E-state index in [-0.39, 0.29) is 5.69 Å². The highest BCUT2D eigenvalue weighted by Crippen LogP contribution is 2.17. The first kappa shape index (κ1) is 10.0. The topological polar surface area (TPSA) is 91.7 Å². The van der Waals surface area contributed by atoms with Crippen molar-refractivity contribution in [3.63, 3.8) is 0 Å². The molecule has 1 aromatic carbocycles. The third kappa shape index (κ3) is 1.38. The quantitative estimate of drug-likeness (QED) is 0.527. The van der Waals surface area contributed by atoms with Gasteiger partial charge in [0.25, 0.3) is 0 Å². The Hall–Kier alpha value is -2.96. The van der Waals surface area contributed by atoms with E-state index in [4.69, 9.17) is 0 Å². The fourth-order valence-electron chi connectivity index (χ4n) is 2.04. The van der Waals surface area contributed by atoms with Gasteiger partial charge < -0.3 is 4.98 Å². The molecule has 0 aliphatic carbocycles. The van der Waals surface area contributed by atoms with Gasteiger partial charge in [-0.05, 0) is 0 Å². The van der Waals surface area contributed by atoms with Crippen LogP contribution in [0.4, 0.5) is 0 Å². The highest BCUT2D eigenvalue weighted by molar-refractivity contribution is 5.85. The molecular formula is C12H8N6O. The lowest BCUT2D eigenvalue weighted by molar-refractivity contribution is 0.882. The Morgan fingerprint density at radius 3 is 2.84 bits per heavy atom. The second-order valence-corrected chi connectivity index (χ2v) is 4.09. The molecule has 3 heterocycles. The van der Waals surface area contributed by atoms with E-state index in [2.05, 4.69) is 25.0 Å². The van der Waals surface area contributed by atoms with Gasteiger partial charge in [0.1, 0.15) is 5.52 Å². The Bertz CT molecular complexity index is 933. The molecule has 0 saturated carbocycles. The Balaban J connectivity index is 2.11. The van der Waals surface area contributed by atoms with Crippen molar-refractivity contribution in [2.24, 2.45) is 0 Å². The monoisotopic (exact) mass is 252 g/mol. The largest absolute Gasteiger partial charge is 0.349 e. The number of aromatic nitrogens is 6. The third-order valence-corrected chi connectivity index (χ3v) is 2.92. The van der Waals surface area contributed by atoms with Gasteiger partial charge in [0.15, 0.2) is 17.1 Å². The summed E-state index contributed by atoms with van der Waals surface area (Å²) in [5.41, 5.74) is 2.11. The van der Waals surface area contributed by atoms with E-state index >= 15 is 0 Å². The van der Waals surface area contributed by atoms with Gasteiger partial charge >= 0.3 is 5.69 Å². The second-order valence-electron chi connectivity index (χ2n) is 4.09. The van der Waals surface area contributed by atoms with Crippen LogP contribution in [0.2, 0.25) is 0 Å². The molecule has 0 amide bonds. The molecule has 0 bridgehead atoms. The van der Waals surface area contributed by atoms with Crippen LogP contribution in [0.3, 0.4) is 0 Å². The SMILES string of the molecule is O=c1[nH]c2nc[nH]c2c2nc(-c3ccccc3)nn12. The summed E-state index contributed by atoms with van der Waals surface area (Å²) < 4.78 is 1.24. The van der Waals surface area contributed by atoms with Crippen molar-refractivity contribution in [1.29, 1.82) is 0 Å². The van der Waals surface area contributed by atoms with Crippen molar-refractivity contribution < 1.29 is 0 Å². The lowest BCUT2D eigenvalue weighted by atomic mass is 10.2. The highest BCUT2D eigenvalue weighted by atomic mass is 16.1. The van der Waals surface area contributed by atoms with E-state index in [0.29, 0.717) is 22.6 Å². The van der Waals surface area contributed by atoms with E-state index < -0.39 is 0 Å². The van der Waals surface area contributed by atoms with Gasteiger partial charge in [-0.25, -0.2) is 14.8 Å². The van der Waals surface area contributed by atoms with Crippen LogP contribution in [-0.4, -0.2) is 29.5 Å². The van der Waals surface area contributed by atoms with Gasteiger partial charge in [-0.15, -0.1) is 5.10 Å². The summed E-state index contributed by atoms with van der Waals surface area (Å²) in [7, 11) is 0. The molecule has 0 unspecified atom stereocenters. The van der Waals surface area contributed by atoms with Crippen LogP contribution in [0, 0.1) is 0 Å². The van der Waals surface area contributed by atoms with Crippen LogP contribution >= 0.6 is 0 Å². The van der Waals surface area contributed by atoms with E-state index in [1.807, 2.05) is 30.3 Å². The lowest BCUT2D eigenvalue weighted by Gasteiger charge is -1.90. The van der Waals surface area contributed by atoms with E-state index in [1.165, 1.54) is 10.8 Å². The fourth-order valence-corrected chi connectivity index (χ4v) is 2.04. The summed E-state index contributed by atoms with van der Waals surface area (Å²) in [5.74, 6) is 0.508. The van der Waals surface area contributed by atoms with Crippen LogP contribution in [0.25, 0.3) is 28.2 Å². The molecule has 0 aliphatic rings. The molecule has 4 rings (SSSR count). The first-order chi connectivity index (χ1) is 9.33. The first-order valence-electron chi connectivity index (χ1n) is 5.70. The van der Waals surface area contributed by atoms with Gasteiger partial charge in [0, 0.05) is 5.56 Å². The Morgan fingerprint density at radius 1 is 1.16 bits per heavy atom. The van der Waals surface area contributed by atoms with Crippen LogP contribution in [0.5, 0.6) is 0 Å². The molecular weight excluding hydrogens is 244 g/mol. The molecule has 0 saturated heterocycles. The Kier molecular flexibility index (Phi) is 1.85. The molecule has 2 N–H and O–H groups in total. The molecule has 0 aliphatic heterocycles. The number of imidazole rings is 1. The summed E-state index contributed by atoms with van der Waals surface area (Å²) in [4.78, 5) is 25.9. The number of rotatable bonds is 1. The van der Waals surface area contributed by atoms with Crippen LogP contribution in [-0.2, 0) is 0 Å². The molecule has 3 aromatic heterocycles. The van der Waals surface area contributed by atoms with E-state index in [0.717, 1.165) is 5.56 Å². The number of hydrogen-bond donors (Lipinski definition) is 2. The number of benzene rings is 1. The summed E-state index contributed by atoms with van der Waals surface area (Å²) in [6.07, 6.45) is 1.51. The van der Waals surface area contributed by atoms with E-state index in [1.54, 1.807) is 0 Å². The van der Waals surface area contributed by atoms with Crippen LogP contribution < -0.4 is 5.69 Å². The van der Waals surface area contributed by atoms with Crippen LogP contribution in [0.15, 0.2) is 41.5 Å². The van der Waals surface area contributed by atoms with Crippen molar-refractivity contribution in [1.82, 2.24) is 29.5 Å². The number of nitrogens with one attached hydrogen (secondary N) is 2. The average molecular weight is 252 g/mol. The molecule has 92 valence electrons. The zero-order chi connectivity index (χ0) is 12.8. The maximum atomic E-state index is 11.9. The number of aromatic amines is 2. The maximum Gasteiger partial charge on any atom is 0.349 e. The number of hydrogen-bond acceptors (Lipinski definition) is 4. The first-order valence-corrected chi connectivity index (χ1v) is 5.70. The van der Waals surface area contributed by atoms with Crippen molar-refractivity contribution >= 4 is 16.8 Å². The fraction of sp³-hybridized carbons (Fsp3) is 0. The Labute approximate surface area is 106 Å². The zero-order valence-electron chi connectivity index (χ0n) is 9.66. The molecule has 0 atom stereocenters. The highest BCUT2D eigenvalue weighted by Gasteiger charge is 2.13. The van der Waals surface area contributed by atoms with Gasteiger partial charge in [-0.2, -0.15) is 4.52 Å². The zero-order valence-corrected chi connectivity index (χ0v) is 9.66. The third-order valence-electron chi connectivity index (χ3n) is 2.92. The Morgan fingerprint density at radius 2 is 2.00 bits per heavy atom. The summed E-state index contributed by atoms with van der Waals surface area (Å²) in [6, 6.07) is 9.51. The normalized spacial score (nSPS) is 11.4. The van der Waals surface area contributed by atoms with Gasteiger partial charge in [0.2, 0.25) is 0 Å². The smallest absolute Gasteiger partial charge is 0.340 e. The molecule has 7 heteroatoms. The van der Waals surface area contributed by atoms with Gasteiger partial charge in [-0.1, -0.05) is 30.3 Å². The van der Waals surface area contributed by atoms with Crippen LogP contribution in [0.1, 0.15) is 0 Å². The number of H-pyrrole nitrogens is 2. The predicted octanol–water partition coefficient (Wildman–Crippen LogP) is 0.961. The number of nitrogens with zero attached hydrogens (tertiary/aromatic N) is 4. The summed E-state index contributed by atoms with van der Waals surface area (Å²) in [6.45, 7) is 0. The maximum absolute atomic E-state index is 11.9. The van der Waals surface area contributed by atoms with Crippen molar-refractivity contribution in [2.45, 2.75) is 0 Å². The second kappa shape index (κ2) is 3.52. The molecule has 19 heavy (non-hydrogen) atoms. The minimum atomic E-state index is -0.357. The molecule has 7 nitrogen and oxygen atoms in total. The number of fused-ring (bicyclic) bond motifs is 3. The van der Waals surface area contributed by atoms with Crippen molar-refractivity contribution in [3.05, 3.63) is 47.1 Å². The minimum absolute atomic E-state index is 0.357. The lowest BCUT2D eigenvalue weighted by Crippen LogP contribution is -2.17. The average Bonchev–Trinajstić information content (AvgIpc) is 3.05. The van der Waals surface area contributed by atoms with Gasteiger partial charge in [-0.3, -0.25) is 4.98 Å². The van der Waals surface area contributed by atoms with Crippen molar-refractivity contribution in [3.8, 4) is 11.4 Å². The molecule has 0 spiro atoms. The molecule has 4 aromatic rings. The molecule has 0 fully saturated rings.